The summed E-state index contributed by atoms with van der Waals surface area (Å²) in [5, 5.41) is 0. The number of unbranched alkanes of at least 4 members (excludes halogenated alkanes) is 2. The molecule has 4 fully saturated rings. The van der Waals surface area contributed by atoms with Crippen molar-refractivity contribution in [2.24, 2.45) is 41.4 Å². The molecule has 35 heavy (non-hydrogen) atoms. The molecule has 0 atom stereocenters. The topological polar surface area (TPSA) is 18.5 Å². The minimum atomic E-state index is -1.72. The molecular formula is C31H52F2O2. The van der Waals surface area contributed by atoms with E-state index in [0.29, 0.717) is 19.1 Å². The molecule has 0 bridgehead atoms. The predicted molar refractivity (Wildman–Crippen MR) is 139 cm³/mol. The van der Waals surface area contributed by atoms with Crippen LogP contribution in [0.25, 0.3) is 0 Å². The van der Waals surface area contributed by atoms with Gasteiger partial charge < -0.3 is 9.47 Å². The van der Waals surface area contributed by atoms with Crippen molar-refractivity contribution in [2.45, 2.75) is 129 Å². The van der Waals surface area contributed by atoms with Gasteiger partial charge in [-0.15, -0.1) is 0 Å². The van der Waals surface area contributed by atoms with E-state index in [1.54, 1.807) is 0 Å². The van der Waals surface area contributed by atoms with Gasteiger partial charge in [0, 0.05) is 12.0 Å². The van der Waals surface area contributed by atoms with Crippen LogP contribution in [-0.2, 0) is 9.47 Å². The highest BCUT2D eigenvalue weighted by Crippen LogP contribution is 2.46. The summed E-state index contributed by atoms with van der Waals surface area (Å²) in [6.45, 7) is 3.42. The average Bonchev–Trinajstić information content (AvgIpc) is 2.89. The Morgan fingerprint density at radius 2 is 1.03 bits per heavy atom. The molecule has 1 aliphatic heterocycles. The van der Waals surface area contributed by atoms with E-state index >= 15 is 0 Å². The van der Waals surface area contributed by atoms with E-state index in [1.165, 1.54) is 109 Å². The second-order valence-electron chi connectivity index (χ2n) is 12.7. The van der Waals surface area contributed by atoms with E-state index in [4.69, 9.17) is 9.47 Å². The van der Waals surface area contributed by atoms with Crippen LogP contribution in [0.1, 0.15) is 122 Å². The van der Waals surface area contributed by atoms with Crippen molar-refractivity contribution in [3.63, 3.8) is 0 Å². The van der Waals surface area contributed by atoms with Crippen LogP contribution in [-0.4, -0.2) is 19.5 Å². The molecule has 4 heteroatoms. The van der Waals surface area contributed by atoms with E-state index in [1.807, 2.05) is 0 Å². The fourth-order valence-electron chi connectivity index (χ4n) is 8.06. The third-order valence-electron chi connectivity index (χ3n) is 10.4. The van der Waals surface area contributed by atoms with Crippen LogP contribution < -0.4 is 0 Å². The zero-order chi connectivity index (χ0) is 24.5. The normalized spacial score (nSPS) is 38.7. The molecule has 4 aliphatic rings. The number of halogens is 2. The van der Waals surface area contributed by atoms with Crippen molar-refractivity contribution >= 4 is 0 Å². The second kappa shape index (κ2) is 14.5. The second-order valence-corrected chi connectivity index (χ2v) is 12.7. The minimum absolute atomic E-state index is 0.363. The lowest BCUT2D eigenvalue weighted by Gasteiger charge is -2.41. The summed E-state index contributed by atoms with van der Waals surface area (Å²) >= 11 is 0. The Balaban J connectivity index is 1.06. The van der Waals surface area contributed by atoms with Gasteiger partial charge in [-0.1, -0.05) is 64.7 Å². The molecular weight excluding hydrogens is 442 g/mol. The lowest BCUT2D eigenvalue weighted by Crippen LogP contribution is -2.32. The zero-order valence-electron chi connectivity index (χ0n) is 22.4. The molecule has 2 nitrogen and oxygen atoms in total. The third-order valence-corrected chi connectivity index (χ3v) is 10.4. The monoisotopic (exact) mass is 494 g/mol. The predicted octanol–water partition coefficient (Wildman–Crippen LogP) is 9.54. The maximum Gasteiger partial charge on any atom is 0.271 e. The molecule has 1 saturated heterocycles. The van der Waals surface area contributed by atoms with Crippen LogP contribution in [0.5, 0.6) is 0 Å². The van der Waals surface area contributed by atoms with Gasteiger partial charge in [-0.2, -0.15) is 8.78 Å². The molecule has 3 aliphatic carbocycles. The molecule has 0 aromatic heterocycles. The molecule has 4 rings (SSSR count). The molecule has 1 heterocycles. The molecule has 0 amide bonds. The van der Waals surface area contributed by atoms with Crippen LogP contribution in [0.15, 0.2) is 12.2 Å². The lowest BCUT2D eigenvalue weighted by molar-refractivity contribution is -0.177. The summed E-state index contributed by atoms with van der Waals surface area (Å²) in [6.07, 6.45) is 24.1. The van der Waals surface area contributed by atoms with Crippen molar-refractivity contribution in [2.75, 3.05) is 13.2 Å². The Morgan fingerprint density at radius 3 is 1.49 bits per heavy atom. The molecule has 0 aromatic rings. The molecule has 0 spiro atoms. The number of rotatable bonds is 10. The number of hydrogen-bond acceptors (Lipinski definition) is 2. The maximum atomic E-state index is 12.3. The van der Waals surface area contributed by atoms with Crippen LogP contribution in [0.2, 0.25) is 0 Å². The van der Waals surface area contributed by atoms with Crippen molar-refractivity contribution in [3.05, 3.63) is 12.2 Å². The summed E-state index contributed by atoms with van der Waals surface area (Å²) in [4.78, 5) is 0. The SMILES string of the molecule is CCCCCC1CCC(C2CCC(C3CCC(CCC4COC(C=C(F)F)OC4)CC3)CC2)CC1. The molecule has 0 aromatic carbocycles. The quantitative estimate of drug-likeness (QED) is 0.281. The molecule has 0 unspecified atom stereocenters. The van der Waals surface area contributed by atoms with Gasteiger partial charge in [-0.05, 0) is 93.3 Å². The Hall–Kier alpha value is -0.480. The van der Waals surface area contributed by atoms with Gasteiger partial charge in [-0.25, -0.2) is 0 Å². The van der Waals surface area contributed by atoms with Crippen molar-refractivity contribution in [1.29, 1.82) is 0 Å². The molecule has 0 radical (unpaired) electrons. The Bertz CT molecular complexity index is 601. The molecule has 0 N–H and O–H groups in total. The Labute approximate surface area is 214 Å². The smallest absolute Gasteiger partial charge is 0.271 e. The first kappa shape index (κ1) is 27.6. The average molecular weight is 495 g/mol. The highest BCUT2D eigenvalue weighted by molar-refractivity contribution is 4.87. The standard InChI is InChI=1S/C31H52F2O2/c1-2-3-4-5-23-8-12-26(13-9-23)28-16-18-29(19-17-28)27-14-10-24(11-15-27)6-7-25-21-34-31(35-22-25)20-30(32)33/h20,23-29,31H,2-19,21-22H2,1H3. The highest BCUT2D eigenvalue weighted by atomic mass is 19.3. The van der Waals surface area contributed by atoms with Crippen molar-refractivity contribution in [3.8, 4) is 0 Å². The lowest BCUT2D eigenvalue weighted by atomic mass is 9.64. The number of ether oxygens (including phenoxy) is 2. The Kier molecular flexibility index (Phi) is 11.4. The van der Waals surface area contributed by atoms with Crippen LogP contribution in [0.3, 0.4) is 0 Å². The first-order valence-electron chi connectivity index (χ1n) is 15.4. The fraction of sp³-hybridized carbons (Fsp3) is 0.935. The van der Waals surface area contributed by atoms with E-state index in [2.05, 4.69) is 6.92 Å². The third kappa shape index (κ3) is 8.80. The summed E-state index contributed by atoms with van der Waals surface area (Å²) < 4.78 is 35.5. The van der Waals surface area contributed by atoms with Gasteiger partial charge in [0.15, 0.2) is 6.29 Å². The summed E-state index contributed by atoms with van der Waals surface area (Å²) in [5.41, 5.74) is 0. The maximum absolute atomic E-state index is 12.3. The van der Waals surface area contributed by atoms with Crippen molar-refractivity contribution in [1.82, 2.24) is 0 Å². The van der Waals surface area contributed by atoms with Crippen LogP contribution >= 0.6 is 0 Å². The number of hydrogen-bond donors (Lipinski definition) is 0. The molecule has 202 valence electrons. The van der Waals surface area contributed by atoms with E-state index in [-0.39, 0.29) is 0 Å². The van der Waals surface area contributed by atoms with Gasteiger partial charge in [0.1, 0.15) is 0 Å². The van der Waals surface area contributed by atoms with Crippen LogP contribution in [0.4, 0.5) is 8.78 Å². The largest absolute Gasteiger partial charge is 0.348 e. The Morgan fingerprint density at radius 1 is 0.600 bits per heavy atom. The fourth-order valence-corrected chi connectivity index (χ4v) is 8.06. The molecule has 3 saturated carbocycles. The van der Waals surface area contributed by atoms with Gasteiger partial charge in [-0.3, -0.25) is 0 Å². The summed E-state index contributed by atoms with van der Waals surface area (Å²) in [5.74, 6) is 6.31. The van der Waals surface area contributed by atoms with E-state index < -0.39 is 12.4 Å². The highest BCUT2D eigenvalue weighted by Gasteiger charge is 2.35. The zero-order valence-corrected chi connectivity index (χ0v) is 22.4. The summed E-state index contributed by atoms with van der Waals surface area (Å²) in [7, 11) is 0. The minimum Gasteiger partial charge on any atom is -0.348 e. The van der Waals surface area contributed by atoms with E-state index in [9.17, 15) is 8.78 Å². The van der Waals surface area contributed by atoms with Gasteiger partial charge in [0.05, 0.1) is 13.2 Å². The summed E-state index contributed by atoms with van der Waals surface area (Å²) in [6, 6.07) is 0. The van der Waals surface area contributed by atoms with Gasteiger partial charge >= 0.3 is 0 Å². The van der Waals surface area contributed by atoms with E-state index in [0.717, 1.165) is 48.0 Å². The van der Waals surface area contributed by atoms with Crippen molar-refractivity contribution < 1.29 is 18.3 Å². The first-order valence-corrected chi connectivity index (χ1v) is 15.4. The first-order chi connectivity index (χ1) is 17.1. The van der Waals surface area contributed by atoms with Crippen LogP contribution in [0, 0.1) is 41.4 Å². The van der Waals surface area contributed by atoms with Gasteiger partial charge in [0.2, 0.25) is 0 Å². The van der Waals surface area contributed by atoms with Gasteiger partial charge in [0.25, 0.3) is 6.08 Å².